The highest BCUT2D eigenvalue weighted by molar-refractivity contribution is 14.1. The number of para-hydroxylation sites is 1. The average Bonchev–Trinajstić information content (AvgIpc) is 2.79. The first-order valence-electron chi connectivity index (χ1n) is 5.85. The highest BCUT2D eigenvalue weighted by Crippen LogP contribution is 2.32. The number of nitrogens with two attached hydrogens (primary N) is 1. The quantitative estimate of drug-likeness (QED) is 0.650. The third kappa shape index (κ3) is 2.36. The van der Waals surface area contributed by atoms with E-state index in [1.165, 1.54) is 11.3 Å². The molecule has 0 aliphatic carbocycles. The van der Waals surface area contributed by atoms with E-state index in [1.54, 1.807) is 6.20 Å². The molecule has 0 spiro atoms. The van der Waals surface area contributed by atoms with E-state index in [2.05, 4.69) is 32.9 Å². The number of carbonyl (C=O) groups excluding carboxylic acids is 1. The van der Waals surface area contributed by atoms with Gasteiger partial charge in [0.05, 0.1) is 11.4 Å². The molecule has 0 unspecified atom stereocenters. The Hall–Kier alpha value is -1.67. The molecular weight excluding hydrogens is 385 g/mol. The molecule has 0 fully saturated rings. The van der Waals surface area contributed by atoms with Crippen molar-refractivity contribution in [3.8, 4) is 0 Å². The summed E-state index contributed by atoms with van der Waals surface area (Å²) < 4.78 is 0.983. The first-order chi connectivity index (χ1) is 9.66. The number of hydrogen-bond acceptors (Lipinski definition) is 4. The van der Waals surface area contributed by atoms with Gasteiger partial charge in [-0.1, -0.05) is 12.1 Å². The third-order valence-corrected chi connectivity index (χ3v) is 4.90. The van der Waals surface area contributed by atoms with Gasteiger partial charge in [0, 0.05) is 15.2 Å². The molecule has 4 nitrogen and oxygen atoms in total. The van der Waals surface area contributed by atoms with Gasteiger partial charge in [-0.15, -0.1) is 11.3 Å². The minimum Gasteiger partial charge on any atom is -0.397 e. The maximum atomic E-state index is 12.3. The van der Waals surface area contributed by atoms with Crippen molar-refractivity contribution in [3.63, 3.8) is 0 Å². The van der Waals surface area contributed by atoms with Crippen LogP contribution in [0, 0.1) is 3.57 Å². The van der Waals surface area contributed by atoms with Crippen molar-refractivity contribution in [1.82, 2.24) is 4.98 Å². The summed E-state index contributed by atoms with van der Waals surface area (Å²) in [6.45, 7) is 0. The highest BCUT2D eigenvalue weighted by Gasteiger charge is 2.17. The van der Waals surface area contributed by atoms with Gasteiger partial charge in [-0.3, -0.25) is 4.79 Å². The predicted octanol–water partition coefficient (Wildman–Crippen LogP) is 3.74. The molecule has 3 rings (SSSR count). The summed E-state index contributed by atoms with van der Waals surface area (Å²) in [6, 6.07) is 11.3. The molecule has 2 heterocycles. The summed E-state index contributed by atoms with van der Waals surface area (Å²) in [7, 11) is 0. The Morgan fingerprint density at radius 2 is 2.05 bits per heavy atom. The molecule has 2 aromatic heterocycles. The zero-order valence-corrected chi connectivity index (χ0v) is 13.2. The van der Waals surface area contributed by atoms with Crippen LogP contribution in [-0.2, 0) is 0 Å². The smallest absolute Gasteiger partial charge is 0.267 e. The van der Waals surface area contributed by atoms with Crippen LogP contribution in [0.4, 0.5) is 11.4 Å². The zero-order chi connectivity index (χ0) is 14.1. The van der Waals surface area contributed by atoms with Gasteiger partial charge in [-0.05, 0) is 46.9 Å². The Balaban J connectivity index is 1.97. The Morgan fingerprint density at radius 1 is 1.25 bits per heavy atom. The van der Waals surface area contributed by atoms with Gasteiger partial charge >= 0.3 is 0 Å². The van der Waals surface area contributed by atoms with Gasteiger partial charge in [0.15, 0.2) is 0 Å². The van der Waals surface area contributed by atoms with Crippen LogP contribution in [0.3, 0.4) is 0 Å². The van der Waals surface area contributed by atoms with Gasteiger partial charge in [0.25, 0.3) is 5.91 Å². The largest absolute Gasteiger partial charge is 0.397 e. The number of aromatic nitrogens is 1. The monoisotopic (exact) mass is 395 g/mol. The summed E-state index contributed by atoms with van der Waals surface area (Å²) in [4.78, 5) is 17.8. The second kappa shape index (κ2) is 5.37. The lowest BCUT2D eigenvalue weighted by Crippen LogP contribution is -2.12. The third-order valence-electron chi connectivity index (χ3n) is 2.83. The van der Waals surface area contributed by atoms with Crippen molar-refractivity contribution >= 4 is 61.4 Å². The Labute approximate surface area is 133 Å². The number of nitrogens with zero attached hydrogens (tertiary/aromatic N) is 1. The minimum atomic E-state index is -0.199. The number of benzene rings is 1. The molecule has 3 N–H and O–H groups in total. The van der Waals surface area contributed by atoms with E-state index in [0.717, 1.165) is 19.5 Å². The standard InChI is InChI=1S/C14H10IN3OS/c15-9-5-1-2-6-10(9)18-13(19)12-11(16)8-4-3-7-17-14(8)20-12/h1-7H,16H2,(H,18,19). The SMILES string of the molecule is Nc1c(C(=O)Nc2ccccc2I)sc2ncccc12. The van der Waals surface area contributed by atoms with Gasteiger partial charge in [-0.25, -0.2) is 4.98 Å². The fourth-order valence-corrected chi connectivity index (χ4v) is 3.34. The van der Waals surface area contributed by atoms with Crippen molar-refractivity contribution in [2.75, 3.05) is 11.1 Å². The van der Waals surface area contributed by atoms with E-state index in [-0.39, 0.29) is 5.91 Å². The van der Waals surface area contributed by atoms with E-state index < -0.39 is 0 Å². The molecule has 3 aromatic rings. The Kier molecular flexibility index (Phi) is 3.58. The molecule has 0 saturated heterocycles. The number of anilines is 2. The fourth-order valence-electron chi connectivity index (χ4n) is 1.86. The van der Waals surface area contributed by atoms with Crippen LogP contribution in [0.2, 0.25) is 0 Å². The number of amides is 1. The number of nitrogens with one attached hydrogen (secondary N) is 1. The molecule has 20 heavy (non-hydrogen) atoms. The molecule has 100 valence electrons. The van der Waals surface area contributed by atoms with Crippen LogP contribution in [0.25, 0.3) is 10.2 Å². The molecule has 0 aliphatic rings. The van der Waals surface area contributed by atoms with Gasteiger partial charge < -0.3 is 11.1 Å². The maximum absolute atomic E-state index is 12.3. The Morgan fingerprint density at radius 3 is 2.80 bits per heavy atom. The summed E-state index contributed by atoms with van der Waals surface area (Å²) in [5.41, 5.74) is 7.31. The Bertz CT molecular complexity index is 800. The second-order valence-electron chi connectivity index (χ2n) is 4.13. The van der Waals surface area contributed by atoms with E-state index in [4.69, 9.17) is 5.73 Å². The molecule has 0 atom stereocenters. The van der Waals surface area contributed by atoms with Crippen LogP contribution >= 0.6 is 33.9 Å². The number of fused-ring (bicyclic) bond motifs is 1. The second-order valence-corrected chi connectivity index (χ2v) is 6.30. The van der Waals surface area contributed by atoms with E-state index in [1.807, 2.05) is 36.4 Å². The lowest BCUT2D eigenvalue weighted by Gasteiger charge is -2.06. The lowest BCUT2D eigenvalue weighted by atomic mass is 10.2. The maximum Gasteiger partial charge on any atom is 0.267 e. The number of halogens is 1. The molecular formula is C14H10IN3OS. The normalized spacial score (nSPS) is 10.7. The minimum absolute atomic E-state index is 0.199. The molecule has 0 radical (unpaired) electrons. The van der Waals surface area contributed by atoms with E-state index in [0.29, 0.717) is 10.6 Å². The van der Waals surface area contributed by atoms with Crippen LogP contribution in [0.1, 0.15) is 9.67 Å². The molecule has 6 heteroatoms. The summed E-state index contributed by atoms with van der Waals surface area (Å²) in [5.74, 6) is -0.199. The summed E-state index contributed by atoms with van der Waals surface area (Å²) in [6.07, 6.45) is 1.69. The van der Waals surface area contributed by atoms with Gasteiger partial charge in [0.1, 0.15) is 9.71 Å². The van der Waals surface area contributed by atoms with Crippen LogP contribution in [-0.4, -0.2) is 10.9 Å². The molecule has 1 amide bonds. The number of thiophene rings is 1. The van der Waals surface area contributed by atoms with Crippen molar-refractivity contribution in [3.05, 3.63) is 51.0 Å². The average molecular weight is 395 g/mol. The van der Waals surface area contributed by atoms with Gasteiger partial charge in [0.2, 0.25) is 0 Å². The first-order valence-corrected chi connectivity index (χ1v) is 7.75. The summed E-state index contributed by atoms with van der Waals surface area (Å²) in [5, 5.41) is 3.71. The molecule has 0 aliphatic heterocycles. The highest BCUT2D eigenvalue weighted by atomic mass is 127. The molecule has 1 aromatic carbocycles. The van der Waals surface area contributed by atoms with Gasteiger partial charge in [-0.2, -0.15) is 0 Å². The van der Waals surface area contributed by atoms with Crippen molar-refractivity contribution in [1.29, 1.82) is 0 Å². The molecule has 0 saturated carbocycles. The van der Waals surface area contributed by atoms with Crippen molar-refractivity contribution < 1.29 is 4.79 Å². The predicted molar refractivity (Wildman–Crippen MR) is 91.1 cm³/mol. The number of nitrogen functional groups attached to an aromatic ring is 1. The van der Waals surface area contributed by atoms with Crippen LogP contribution < -0.4 is 11.1 Å². The first kappa shape index (κ1) is 13.3. The van der Waals surface area contributed by atoms with Crippen LogP contribution in [0.15, 0.2) is 42.6 Å². The topological polar surface area (TPSA) is 68.0 Å². The number of carbonyl (C=O) groups is 1. The van der Waals surface area contributed by atoms with E-state index >= 15 is 0 Å². The lowest BCUT2D eigenvalue weighted by molar-refractivity contribution is 0.103. The summed E-state index contributed by atoms with van der Waals surface area (Å²) >= 11 is 3.49. The molecule has 0 bridgehead atoms. The zero-order valence-electron chi connectivity index (χ0n) is 10.3. The fraction of sp³-hybridized carbons (Fsp3) is 0. The van der Waals surface area contributed by atoms with Crippen molar-refractivity contribution in [2.45, 2.75) is 0 Å². The van der Waals surface area contributed by atoms with Crippen LogP contribution in [0.5, 0.6) is 0 Å². The number of pyridine rings is 1. The van der Waals surface area contributed by atoms with Crippen molar-refractivity contribution in [2.24, 2.45) is 0 Å². The van der Waals surface area contributed by atoms with E-state index in [9.17, 15) is 4.79 Å². The number of hydrogen-bond donors (Lipinski definition) is 2. The number of rotatable bonds is 2.